The molecule has 22 heavy (non-hydrogen) atoms. The molecule has 0 bridgehead atoms. The second-order valence-electron chi connectivity index (χ2n) is 5.71. The van der Waals surface area contributed by atoms with Gasteiger partial charge in [0.05, 0.1) is 4.88 Å². The van der Waals surface area contributed by atoms with Crippen LogP contribution in [0, 0.1) is 18.7 Å². The number of carbonyl (C=O) groups is 2. The van der Waals surface area contributed by atoms with Crippen LogP contribution in [0.2, 0.25) is 0 Å². The molecule has 1 saturated carbocycles. The lowest BCUT2D eigenvalue weighted by Gasteiger charge is -2.13. The quantitative estimate of drug-likeness (QED) is 0.887. The molecule has 1 heterocycles. The van der Waals surface area contributed by atoms with Crippen molar-refractivity contribution in [2.45, 2.75) is 32.2 Å². The Balaban J connectivity index is 1.86. The van der Waals surface area contributed by atoms with Gasteiger partial charge in [-0.3, -0.25) is 4.79 Å². The van der Waals surface area contributed by atoms with E-state index >= 15 is 0 Å². The summed E-state index contributed by atoms with van der Waals surface area (Å²) in [7, 11) is 0. The number of hydrogen-bond donors (Lipinski definition) is 2. The van der Waals surface area contributed by atoms with Crippen LogP contribution in [0.1, 0.15) is 34.5 Å². The largest absolute Gasteiger partial charge is 0.480 e. The molecule has 6 heteroatoms. The van der Waals surface area contributed by atoms with E-state index in [0.717, 1.165) is 12.8 Å². The molecule has 0 radical (unpaired) electrons. The van der Waals surface area contributed by atoms with Crippen molar-refractivity contribution in [3.8, 4) is 0 Å². The molecule has 2 N–H and O–H groups in total. The Morgan fingerprint density at radius 3 is 2.77 bits per heavy atom. The Labute approximate surface area is 130 Å². The Morgan fingerprint density at radius 1 is 1.45 bits per heavy atom. The Morgan fingerprint density at radius 2 is 2.18 bits per heavy atom. The molecule has 0 aliphatic heterocycles. The molecule has 1 aliphatic carbocycles. The number of aliphatic carboxylic acids is 1. The standard InChI is InChI=1S/C16H16FNO3S/c1-8-13-10(17)3-2-4-12(13)22-14(8)15(19)18-11(16(20)21)7-9-5-6-9/h2-4,9,11H,5-7H2,1H3,(H,18,19)(H,20,21). The molecule has 3 rings (SSSR count). The van der Waals surface area contributed by atoms with Crippen LogP contribution >= 0.6 is 11.3 Å². The van der Waals surface area contributed by atoms with Crippen LogP contribution in [0.25, 0.3) is 10.1 Å². The van der Waals surface area contributed by atoms with Gasteiger partial charge in [0.25, 0.3) is 5.91 Å². The average Bonchev–Trinajstić information content (AvgIpc) is 3.21. The van der Waals surface area contributed by atoms with Crippen molar-refractivity contribution in [1.29, 1.82) is 0 Å². The van der Waals surface area contributed by atoms with Gasteiger partial charge in [-0.1, -0.05) is 18.9 Å². The van der Waals surface area contributed by atoms with Crippen molar-refractivity contribution >= 4 is 33.3 Å². The van der Waals surface area contributed by atoms with Gasteiger partial charge >= 0.3 is 5.97 Å². The number of benzene rings is 1. The summed E-state index contributed by atoms with van der Waals surface area (Å²) >= 11 is 1.19. The topological polar surface area (TPSA) is 66.4 Å². The van der Waals surface area contributed by atoms with Gasteiger partial charge < -0.3 is 10.4 Å². The van der Waals surface area contributed by atoms with Crippen LogP contribution < -0.4 is 5.32 Å². The highest BCUT2D eigenvalue weighted by molar-refractivity contribution is 7.21. The highest BCUT2D eigenvalue weighted by atomic mass is 32.1. The van der Waals surface area contributed by atoms with Crippen LogP contribution in [0.5, 0.6) is 0 Å². The molecule has 0 saturated heterocycles. The van der Waals surface area contributed by atoms with E-state index in [1.807, 2.05) is 0 Å². The predicted octanol–water partition coefficient (Wildman–Crippen LogP) is 3.33. The summed E-state index contributed by atoms with van der Waals surface area (Å²) in [5.74, 6) is -1.43. The zero-order valence-electron chi connectivity index (χ0n) is 12.1. The number of amides is 1. The minimum atomic E-state index is -1.02. The highest BCUT2D eigenvalue weighted by Gasteiger charge is 2.31. The van der Waals surface area contributed by atoms with Crippen molar-refractivity contribution in [2.24, 2.45) is 5.92 Å². The SMILES string of the molecule is Cc1c(C(=O)NC(CC2CC2)C(=O)O)sc2cccc(F)c12. The predicted molar refractivity (Wildman–Crippen MR) is 82.8 cm³/mol. The van der Waals surface area contributed by atoms with Gasteiger partial charge in [-0.15, -0.1) is 11.3 Å². The summed E-state index contributed by atoms with van der Waals surface area (Å²) in [6, 6.07) is 3.83. The van der Waals surface area contributed by atoms with E-state index < -0.39 is 17.9 Å². The lowest BCUT2D eigenvalue weighted by atomic mass is 10.1. The first-order valence-electron chi connectivity index (χ1n) is 7.18. The molecule has 2 aromatic rings. The first-order chi connectivity index (χ1) is 10.5. The summed E-state index contributed by atoms with van der Waals surface area (Å²) in [5, 5.41) is 12.2. The van der Waals surface area contributed by atoms with E-state index in [9.17, 15) is 19.1 Å². The number of nitrogens with one attached hydrogen (secondary N) is 1. The van der Waals surface area contributed by atoms with Gasteiger partial charge in [-0.25, -0.2) is 9.18 Å². The maximum absolute atomic E-state index is 13.9. The molecule has 1 aromatic heterocycles. The van der Waals surface area contributed by atoms with Gasteiger partial charge in [0.1, 0.15) is 11.9 Å². The fourth-order valence-electron chi connectivity index (χ4n) is 2.60. The van der Waals surface area contributed by atoms with Crippen LogP contribution in [0.4, 0.5) is 4.39 Å². The number of fused-ring (bicyclic) bond motifs is 1. The van der Waals surface area contributed by atoms with Crippen LogP contribution in [0.3, 0.4) is 0 Å². The van der Waals surface area contributed by atoms with E-state index in [0.29, 0.717) is 32.9 Å². The summed E-state index contributed by atoms with van der Waals surface area (Å²) in [6.45, 7) is 1.69. The first kappa shape index (κ1) is 15.0. The van der Waals surface area contributed by atoms with Crippen molar-refractivity contribution in [3.05, 3.63) is 34.5 Å². The average molecular weight is 321 g/mol. The van der Waals surface area contributed by atoms with Crippen molar-refractivity contribution in [2.75, 3.05) is 0 Å². The molecule has 4 nitrogen and oxygen atoms in total. The van der Waals surface area contributed by atoms with E-state index in [1.54, 1.807) is 19.1 Å². The Kier molecular flexibility index (Phi) is 3.87. The van der Waals surface area contributed by atoms with Crippen molar-refractivity contribution < 1.29 is 19.1 Å². The second-order valence-corrected chi connectivity index (χ2v) is 6.76. The molecule has 1 aliphatic rings. The van der Waals surface area contributed by atoms with Gasteiger partial charge in [0.2, 0.25) is 0 Å². The summed E-state index contributed by atoms with van der Waals surface area (Å²) < 4.78 is 14.6. The summed E-state index contributed by atoms with van der Waals surface area (Å²) in [4.78, 5) is 24.0. The summed E-state index contributed by atoms with van der Waals surface area (Å²) in [6.07, 6.45) is 2.50. The van der Waals surface area contributed by atoms with E-state index in [2.05, 4.69) is 5.32 Å². The fourth-order valence-corrected chi connectivity index (χ4v) is 3.73. The Bertz CT molecular complexity index is 751. The normalized spacial score (nSPS) is 15.7. The zero-order chi connectivity index (χ0) is 15.9. The molecular formula is C16H16FNO3S. The number of carboxylic acid groups (broad SMARTS) is 1. The lowest BCUT2D eigenvalue weighted by molar-refractivity contribution is -0.139. The highest BCUT2D eigenvalue weighted by Crippen LogP contribution is 2.35. The number of hydrogen-bond acceptors (Lipinski definition) is 3. The van der Waals surface area contributed by atoms with Gasteiger partial charge in [0, 0.05) is 10.1 Å². The number of rotatable bonds is 5. The maximum Gasteiger partial charge on any atom is 0.326 e. The third-order valence-electron chi connectivity index (χ3n) is 3.98. The van der Waals surface area contributed by atoms with E-state index in [1.165, 1.54) is 17.4 Å². The third-order valence-corrected chi connectivity index (χ3v) is 5.23. The number of aryl methyl sites for hydroxylation is 1. The minimum Gasteiger partial charge on any atom is -0.480 e. The third kappa shape index (κ3) is 2.83. The monoisotopic (exact) mass is 321 g/mol. The van der Waals surface area contributed by atoms with Crippen molar-refractivity contribution in [1.82, 2.24) is 5.32 Å². The molecule has 0 spiro atoms. The van der Waals surface area contributed by atoms with Crippen LogP contribution in [-0.2, 0) is 4.79 Å². The van der Waals surface area contributed by atoms with Gasteiger partial charge in [-0.05, 0) is 37.0 Å². The fraction of sp³-hybridized carbons (Fsp3) is 0.375. The van der Waals surface area contributed by atoms with Crippen LogP contribution in [-0.4, -0.2) is 23.0 Å². The molecule has 116 valence electrons. The minimum absolute atomic E-state index is 0.363. The number of carboxylic acids is 1. The molecule has 1 unspecified atom stereocenters. The Hall–Kier alpha value is -1.95. The number of thiophene rings is 1. The lowest BCUT2D eigenvalue weighted by Crippen LogP contribution is -2.41. The molecular weight excluding hydrogens is 305 g/mol. The van der Waals surface area contributed by atoms with E-state index in [-0.39, 0.29) is 5.82 Å². The van der Waals surface area contributed by atoms with Gasteiger partial charge in [0.15, 0.2) is 0 Å². The number of carbonyl (C=O) groups excluding carboxylic acids is 1. The smallest absolute Gasteiger partial charge is 0.326 e. The van der Waals surface area contributed by atoms with Crippen molar-refractivity contribution in [3.63, 3.8) is 0 Å². The molecule has 1 aromatic carbocycles. The van der Waals surface area contributed by atoms with Crippen LogP contribution in [0.15, 0.2) is 18.2 Å². The van der Waals surface area contributed by atoms with Gasteiger partial charge in [-0.2, -0.15) is 0 Å². The van der Waals surface area contributed by atoms with E-state index in [4.69, 9.17) is 0 Å². The first-order valence-corrected chi connectivity index (χ1v) is 8.00. The molecule has 1 fully saturated rings. The molecule has 1 amide bonds. The summed E-state index contributed by atoms with van der Waals surface area (Å²) in [5.41, 5.74) is 0.561. The maximum atomic E-state index is 13.9. The second kappa shape index (κ2) is 5.68. The zero-order valence-corrected chi connectivity index (χ0v) is 12.9. The number of halogens is 1. The molecule has 1 atom stereocenters.